The van der Waals surface area contributed by atoms with Gasteiger partial charge in [-0.2, -0.15) is 0 Å². The average Bonchev–Trinajstić information content (AvgIpc) is 3.46. The Labute approximate surface area is 154 Å². The van der Waals surface area contributed by atoms with Crippen molar-refractivity contribution in [1.82, 2.24) is 16.0 Å². The lowest BCUT2D eigenvalue weighted by molar-refractivity contribution is 0.102. The highest BCUT2D eigenvalue weighted by Crippen LogP contribution is 2.08. The molecule has 1 heterocycles. The first-order chi connectivity index (χ1) is 11.9. The minimum absolute atomic E-state index is 0.219. The first-order valence-corrected chi connectivity index (χ1v) is 8.95. The lowest BCUT2D eigenvalue weighted by Crippen LogP contribution is -2.27. The smallest absolute Gasteiger partial charge is 0.104 e. The van der Waals surface area contributed by atoms with Crippen molar-refractivity contribution < 1.29 is 19.3 Å². The van der Waals surface area contributed by atoms with Gasteiger partial charge >= 0.3 is 0 Å². The highest BCUT2D eigenvalue weighted by molar-refractivity contribution is 4.68. The van der Waals surface area contributed by atoms with Crippen LogP contribution in [0.5, 0.6) is 0 Å². The summed E-state index contributed by atoms with van der Waals surface area (Å²) in [5.74, 6) is 0. The molecule has 7 heteroatoms. The van der Waals surface area contributed by atoms with Gasteiger partial charge in [-0.3, -0.25) is 0 Å². The molecular formula is C18H41N3O4. The third-order valence-electron chi connectivity index (χ3n) is 3.43. The molecule has 0 amide bonds. The fraction of sp³-hybridized carbons (Fsp3) is 0.889. The second kappa shape index (κ2) is 19.8. The maximum absolute atomic E-state index is 8.27. The van der Waals surface area contributed by atoms with Crippen LogP contribution in [-0.4, -0.2) is 90.1 Å². The van der Waals surface area contributed by atoms with E-state index in [0.29, 0.717) is 24.8 Å². The molecule has 1 aliphatic rings. The van der Waals surface area contributed by atoms with Crippen molar-refractivity contribution in [3.63, 3.8) is 0 Å². The molecule has 152 valence electrons. The number of epoxide rings is 1. The van der Waals surface area contributed by atoms with Gasteiger partial charge in [0.05, 0.1) is 39.6 Å². The molecule has 0 aromatic rings. The Balaban J connectivity index is 0. The molecule has 4 N–H and O–H groups in total. The van der Waals surface area contributed by atoms with Crippen molar-refractivity contribution in [1.29, 1.82) is 0 Å². The van der Waals surface area contributed by atoms with Gasteiger partial charge in [-0.1, -0.05) is 6.08 Å². The molecule has 25 heavy (non-hydrogen) atoms. The molecular weight excluding hydrogens is 322 g/mol. The number of aliphatic hydroxyl groups excluding tert-OH is 1. The lowest BCUT2D eigenvalue weighted by Gasteiger charge is -2.08. The molecule has 0 spiro atoms. The van der Waals surface area contributed by atoms with E-state index in [0.717, 1.165) is 26.4 Å². The van der Waals surface area contributed by atoms with Gasteiger partial charge in [-0.25, -0.2) is 0 Å². The molecule has 0 aromatic carbocycles. The Morgan fingerprint density at radius 2 is 1.52 bits per heavy atom. The van der Waals surface area contributed by atoms with Crippen molar-refractivity contribution >= 4 is 0 Å². The van der Waals surface area contributed by atoms with E-state index in [9.17, 15) is 0 Å². The highest BCUT2D eigenvalue weighted by atomic mass is 16.6. The normalized spacial score (nSPS) is 18.8. The van der Waals surface area contributed by atoms with Crippen LogP contribution in [0.15, 0.2) is 12.7 Å². The SMILES string of the molecule is C=CCOCC(C)NC.CNC(C)CO.CNC(C)COCC1CO1. The van der Waals surface area contributed by atoms with E-state index in [-0.39, 0.29) is 12.6 Å². The largest absolute Gasteiger partial charge is 0.395 e. The maximum Gasteiger partial charge on any atom is 0.104 e. The van der Waals surface area contributed by atoms with Crippen LogP contribution in [0.3, 0.4) is 0 Å². The van der Waals surface area contributed by atoms with Gasteiger partial charge < -0.3 is 35.3 Å². The van der Waals surface area contributed by atoms with E-state index in [2.05, 4.69) is 36.4 Å². The van der Waals surface area contributed by atoms with Gasteiger partial charge in [0.2, 0.25) is 0 Å². The zero-order valence-electron chi connectivity index (χ0n) is 17.0. The van der Waals surface area contributed by atoms with E-state index in [1.165, 1.54) is 0 Å². The predicted molar refractivity (Wildman–Crippen MR) is 104 cm³/mol. The van der Waals surface area contributed by atoms with Crippen molar-refractivity contribution in [3.05, 3.63) is 12.7 Å². The summed E-state index contributed by atoms with van der Waals surface area (Å²) in [7, 11) is 5.67. The molecule has 0 bridgehead atoms. The van der Waals surface area contributed by atoms with Gasteiger partial charge in [-0.05, 0) is 41.9 Å². The summed E-state index contributed by atoms with van der Waals surface area (Å²) in [4.78, 5) is 0. The molecule has 1 rings (SSSR count). The summed E-state index contributed by atoms with van der Waals surface area (Å²) < 4.78 is 15.5. The number of ether oxygens (including phenoxy) is 3. The van der Waals surface area contributed by atoms with Crippen LogP contribution in [0.1, 0.15) is 20.8 Å². The molecule has 0 aromatic heterocycles. The van der Waals surface area contributed by atoms with Gasteiger partial charge in [0, 0.05) is 18.1 Å². The van der Waals surface area contributed by atoms with E-state index in [1.807, 2.05) is 28.1 Å². The summed E-state index contributed by atoms with van der Waals surface area (Å²) >= 11 is 0. The summed E-state index contributed by atoms with van der Waals surface area (Å²) in [5, 5.41) is 17.3. The number of aliphatic hydroxyl groups is 1. The Kier molecular flexibility index (Phi) is 21.1. The molecule has 0 saturated carbocycles. The van der Waals surface area contributed by atoms with Crippen LogP contribution in [0.2, 0.25) is 0 Å². The lowest BCUT2D eigenvalue weighted by atomic mass is 10.4. The zero-order valence-corrected chi connectivity index (χ0v) is 17.0. The van der Waals surface area contributed by atoms with Crippen molar-refractivity contribution in [2.24, 2.45) is 0 Å². The highest BCUT2D eigenvalue weighted by Gasteiger charge is 2.22. The quantitative estimate of drug-likeness (QED) is 0.227. The average molecular weight is 364 g/mol. The van der Waals surface area contributed by atoms with E-state index < -0.39 is 0 Å². The first kappa shape index (κ1) is 26.7. The first-order valence-electron chi connectivity index (χ1n) is 8.95. The Morgan fingerprint density at radius 1 is 1.04 bits per heavy atom. The van der Waals surface area contributed by atoms with Crippen molar-refractivity contribution in [2.75, 3.05) is 60.8 Å². The number of likely N-dealkylation sites (N-methyl/N-ethyl adjacent to an activating group) is 3. The summed E-state index contributed by atoms with van der Waals surface area (Å²) in [6.07, 6.45) is 2.15. The van der Waals surface area contributed by atoms with Gasteiger partial charge in [-0.15, -0.1) is 6.58 Å². The molecule has 1 fully saturated rings. The molecule has 0 aliphatic carbocycles. The van der Waals surface area contributed by atoms with Crippen LogP contribution in [0, 0.1) is 0 Å². The Hall–Kier alpha value is -0.540. The Morgan fingerprint density at radius 3 is 1.84 bits per heavy atom. The minimum Gasteiger partial charge on any atom is -0.395 e. The number of nitrogens with one attached hydrogen (secondary N) is 3. The van der Waals surface area contributed by atoms with Gasteiger partial charge in [0.25, 0.3) is 0 Å². The third kappa shape index (κ3) is 23.5. The Bertz CT molecular complexity index is 275. The van der Waals surface area contributed by atoms with Crippen LogP contribution in [-0.2, 0) is 14.2 Å². The van der Waals surface area contributed by atoms with Gasteiger partial charge in [0.1, 0.15) is 6.10 Å². The zero-order chi connectivity index (χ0) is 19.5. The third-order valence-corrected chi connectivity index (χ3v) is 3.43. The molecule has 1 aliphatic heterocycles. The molecule has 0 radical (unpaired) electrons. The number of hydrogen-bond donors (Lipinski definition) is 4. The molecule has 4 atom stereocenters. The monoisotopic (exact) mass is 363 g/mol. The van der Waals surface area contributed by atoms with Crippen LogP contribution >= 0.6 is 0 Å². The molecule has 7 nitrogen and oxygen atoms in total. The summed E-state index contributed by atoms with van der Waals surface area (Å²) in [6.45, 7) is 13.6. The maximum atomic E-state index is 8.27. The van der Waals surface area contributed by atoms with Gasteiger partial charge in [0.15, 0.2) is 0 Å². The van der Waals surface area contributed by atoms with E-state index in [1.54, 1.807) is 6.08 Å². The van der Waals surface area contributed by atoms with E-state index >= 15 is 0 Å². The second-order valence-corrected chi connectivity index (χ2v) is 6.07. The van der Waals surface area contributed by atoms with Crippen LogP contribution in [0.25, 0.3) is 0 Å². The standard InChI is InChI=1S/C7H15NO2.C7H15NO.C4H11NO/c1-6(8-2)3-9-4-7-5-10-7;1-4-5-9-6-7(2)8-3;1-4(3-6)5-2/h6-8H,3-5H2,1-2H3;4,7-8H,1,5-6H2,2-3H3;4-6H,3H2,1-2H3. The summed E-state index contributed by atoms with van der Waals surface area (Å²) in [6, 6.07) is 1.12. The fourth-order valence-electron chi connectivity index (χ4n) is 1.13. The van der Waals surface area contributed by atoms with E-state index in [4.69, 9.17) is 19.3 Å². The van der Waals surface area contributed by atoms with Crippen LogP contribution < -0.4 is 16.0 Å². The number of rotatable bonds is 12. The summed E-state index contributed by atoms with van der Waals surface area (Å²) in [5.41, 5.74) is 0. The molecule has 1 saturated heterocycles. The number of hydrogen-bond acceptors (Lipinski definition) is 7. The fourth-order valence-corrected chi connectivity index (χ4v) is 1.13. The van der Waals surface area contributed by atoms with Crippen molar-refractivity contribution in [2.45, 2.75) is 45.0 Å². The van der Waals surface area contributed by atoms with Crippen LogP contribution in [0.4, 0.5) is 0 Å². The van der Waals surface area contributed by atoms with Crippen molar-refractivity contribution in [3.8, 4) is 0 Å². The molecule has 4 unspecified atom stereocenters. The second-order valence-electron chi connectivity index (χ2n) is 6.07. The predicted octanol–water partition coefficient (Wildman–Crippen LogP) is 0.393. The minimum atomic E-state index is 0.219. The topological polar surface area (TPSA) is 87.3 Å².